The largest absolute Gasteiger partial charge is 0.418 e. The van der Waals surface area contributed by atoms with Crippen LogP contribution in [0.1, 0.15) is 56.6 Å². The molecule has 1 spiro atoms. The Bertz CT molecular complexity index is 719. The van der Waals surface area contributed by atoms with Gasteiger partial charge in [-0.1, -0.05) is 12.1 Å². The maximum atomic E-state index is 13.1. The predicted molar refractivity (Wildman–Crippen MR) is 93.0 cm³/mol. The lowest BCUT2D eigenvalue weighted by atomic mass is 9.66. The zero-order chi connectivity index (χ0) is 19.4. The average Bonchev–Trinajstić information content (AvgIpc) is 3.44. The number of rotatable bonds is 3. The minimum atomic E-state index is -4.71. The Morgan fingerprint density at radius 1 is 1.04 bits per heavy atom. The summed E-state index contributed by atoms with van der Waals surface area (Å²) in [5, 5.41) is 20.1. The standard InChI is InChI=1S/C20H24F3NO3/c21-20(22,23)16(25)13-1-5-15(6-2-13)24-12-11-18(17(24)26)7-9-19(27,10-8-18)14-3-4-14/h1-2,5-6,14,16,25,27H,3-4,7-12H2/t16-,18-,19-/m1/s1. The number of hydrogen-bond acceptors (Lipinski definition) is 3. The summed E-state index contributed by atoms with van der Waals surface area (Å²) in [6.07, 6.45) is -1.76. The average molecular weight is 383 g/mol. The number of hydrogen-bond donors (Lipinski definition) is 2. The van der Waals surface area contributed by atoms with Crippen molar-refractivity contribution in [2.45, 2.75) is 62.8 Å². The zero-order valence-corrected chi connectivity index (χ0v) is 15.0. The molecule has 1 aromatic carbocycles. The number of carbonyl (C=O) groups is 1. The van der Waals surface area contributed by atoms with Crippen LogP contribution in [0.2, 0.25) is 0 Å². The van der Waals surface area contributed by atoms with Gasteiger partial charge >= 0.3 is 6.18 Å². The fraction of sp³-hybridized carbons (Fsp3) is 0.650. The molecule has 0 aromatic heterocycles. The van der Waals surface area contributed by atoms with Crippen molar-refractivity contribution in [1.82, 2.24) is 0 Å². The molecule has 0 bridgehead atoms. The zero-order valence-electron chi connectivity index (χ0n) is 15.0. The van der Waals surface area contributed by atoms with Crippen LogP contribution in [0.3, 0.4) is 0 Å². The van der Waals surface area contributed by atoms with Crippen LogP contribution in [0.4, 0.5) is 18.9 Å². The number of halogens is 3. The lowest BCUT2D eigenvalue weighted by molar-refractivity contribution is -0.206. The van der Waals surface area contributed by atoms with Gasteiger partial charge in [0.05, 0.1) is 11.0 Å². The molecule has 7 heteroatoms. The van der Waals surface area contributed by atoms with Crippen LogP contribution in [0.5, 0.6) is 0 Å². The van der Waals surface area contributed by atoms with Crippen molar-refractivity contribution in [3.05, 3.63) is 29.8 Å². The molecule has 4 rings (SSSR count). The summed E-state index contributed by atoms with van der Waals surface area (Å²) >= 11 is 0. The molecule has 27 heavy (non-hydrogen) atoms. The third kappa shape index (κ3) is 3.25. The van der Waals surface area contributed by atoms with E-state index in [1.54, 1.807) is 4.90 Å². The quantitative estimate of drug-likeness (QED) is 0.836. The van der Waals surface area contributed by atoms with E-state index in [-0.39, 0.29) is 11.5 Å². The van der Waals surface area contributed by atoms with Gasteiger partial charge < -0.3 is 15.1 Å². The van der Waals surface area contributed by atoms with E-state index >= 15 is 0 Å². The molecule has 2 saturated carbocycles. The summed E-state index contributed by atoms with van der Waals surface area (Å²) in [5.74, 6) is 0.388. The Balaban J connectivity index is 1.46. The molecule has 1 atom stereocenters. The van der Waals surface area contributed by atoms with E-state index in [0.29, 0.717) is 50.3 Å². The molecule has 1 aromatic rings. The number of amides is 1. The Labute approximate surface area is 156 Å². The number of anilines is 1. The molecule has 1 heterocycles. The first-order valence-corrected chi connectivity index (χ1v) is 9.54. The second kappa shape index (κ2) is 6.21. The first kappa shape index (κ1) is 18.7. The number of alkyl halides is 3. The Morgan fingerprint density at radius 3 is 2.15 bits per heavy atom. The van der Waals surface area contributed by atoms with Gasteiger partial charge in [0.2, 0.25) is 5.91 Å². The number of nitrogens with zero attached hydrogens (tertiary/aromatic N) is 1. The maximum Gasteiger partial charge on any atom is 0.418 e. The van der Waals surface area contributed by atoms with Gasteiger partial charge in [-0.05, 0) is 68.6 Å². The molecule has 0 radical (unpaired) electrons. The van der Waals surface area contributed by atoms with E-state index < -0.39 is 23.3 Å². The highest BCUT2D eigenvalue weighted by Gasteiger charge is 2.54. The SMILES string of the molecule is O=C1N(c2ccc([C@@H](O)C(F)(F)F)cc2)CC[C@]12CC[C@](O)(C1CC1)CC2. The summed E-state index contributed by atoms with van der Waals surface area (Å²) in [5.41, 5.74) is -0.752. The van der Waals surface area contributed by atoms with Crippen molar-refractivity contribution in [3.8, 4) is 0 Å². The van der Waals surface area contributed by atoms with Gasteiger partial charge in [0, 0.05) is 12.2 Å². The Kier molecular flexibility index (Phi) is 4.31. The molecule has 1 amide bonds. The fourth-order valence-corrected chi connectivity index (χ4v) is 4.75. The molecule has 4 nitrogen and oxygen atoms in total. The Hall–Kier alpha value is -1.60. The molecular weight excluding hydrogens is 359 g/mol. The third-order valence-electron chi connectivity index (χ3n) is 6.75. The van der Waals surface area contributed by atoms with Crippen molar-refractivity contribution in [1.29, 1.82) is 0 Å². The first-order valence-electron chi connectivity index (χ1n) is 9.54. The van der Waals surface area contributed by atoms with E-state index in [1.807, 2.05) is 0 Å². The summed E-state index contributed by atoms with van der Waals surface area (Å²) in [4.78, 5) is 14.7. The van der Waals surface area contributed by atoms with Crippen molar-refractivity contribution in [2.75, 3.05) is 11.4 Å². The molecule has 3 fully saturated rings. The van der Waals surface area contributed by atoms with Gasteiger partial charge in [-0.3, -0.25) is 4.79 Å². The molecular formula is C20H24F3NO3. The van der Waals surface area contributed by atoms with Crippen molar-refractivity contribution < 1.29 is 28.2 Å². The summed E-state index contributed by atoms with van der Waals surface area (Å²) < 4.78 is 37.9. The third-order valence-corrected chi connectivity index (χ3v) is 6.75. The maximum absolute atomic E-state index is 13.1. The van der Waals surface area contributed by atoms with E-state index in [4.69, 9.17) is 0 Å². The smallest absolute Gasteiger partial charge is 0.390 e. The first-order chi connectivity index (χ1) is 12.6. The van der Waals surface area contributed by atoms with Crippen LogP contribution in [-0.2, 0) is 4.79 Å². The molecule has 2 N–H and O–H groups in total. The van der Waals surface area contributed by atoms with Crippen LogP contribution < -0.4 is 4.90 Å². The lowest BCUT2D eigenvalue weighted by Gasteiger charge is -2.41. The van der Waals surface area contributed by atoms with Gasteiger partial charge in [-0.25, -0.2) is 0 Å². The highest BCUT2D eigenvalue weighted by molar-refractivity contribution is 6.00. The summed E-state index contributed by atoms with van der Waals surface area (Å²) in [7, 11) is 0. The number of carbonyl (C=O) groups excluding carboxylic acids is 1. The summed E-state index contributed by atoms with van der Waals surface area (Å²) in [6, 6.07) is 5.37. The highest BCUT2D eigenvalue weighted by atomic mass is 19.4. The van der Waals surface area contributed by atoms with Crippen LogP contribution in [-0.4, -0.2) is 34.4 Å². The highest BCUT2D eigenvalue weighted by Crippen LogP contribution is 2.54. The van der Waals surface area contributed by atoms with Gasteiger partial charge in [-0.15, -0.1) is 0 Å². The van der Waals surface area contributed by atoms with Crippen molar-refractivity contribution in [3.63, 3.8) is 0 Å². The lowest BCUT2D eigenvalue weighted by Crippen LogP contribution is -2.44. The fourth-order valence-electron chi connectivity index (χ4n) is 4.75. The predicted octanol–water partition coefficient (Wildman–Crippen LogP) is 3.72. The molecule has 2 aliphatic carbocycles. The van der Waals surface area contributed by atoms with Gasteiger partial charge in [-0.2, -0.15) is 13.2 Å². The van der Waals surface area contributed by atoms with Crippen LogP contribution in [0, 0.1) is 11.3 Å². The second-order valence-electron chi connectivity index (χ2n) is 8.40. The minimum absolute atomic E-state index is 0.00414. The molecule has 1 saturated heterocycles. The molecule has 3 aliphatic rings. The molecule has 1 aliphatic heterocycles. The molecule has 0 unspecified atom stereocenters. The van der Waals surface area contributed by atoms with Crippen LogP contribution in [0.25, 0.3) is 0 Å². The minimum Gasteiger partial charge on any atom is -0.390 e. The van der Waals surface area contributed by atoms with E-state index in [9.17, 15) is 28.2 Å². The van der Waals surface area contributed by atoms with E-state index in [1.165, 1.54) is 24.3 Å². The number of benzene rings is 1. The van der Waals surface area contributed by atoms with E-state index in [2.05, 4.69) is 0 Å². The van der Waals surface area contributed by atoms with Gasteiger partial charge in [0.25, 0.3) is 0 Å². The van der Waals surface area contributed by atoms with Gasteiger partial charge in [0.1, 0.15) is 0 Å². The second-order valence-corrected chi connectivity index (χ2v) is 8.40. The van der Waals surface area contributed by atoms with Crippen molar-refractivity contribution >= 4 is 11.6 Å². The normalized spacial score (nSPS) is 32.9. The van der Waals surface area contributed by atoms with Crippen molar-refractivity contribution in [2.24, 2.45) is 11.3 Å². The van der Waals surface area contributed by atoms with Crippen LogP contribution in [0.15, 0.2) is 24.3 Å². The monoisotopic (exact) mass is 383 g/mol. The number of aliphatic hydroxyl groups is 2. The number of aliphatic hydroxyl groups excluding tert-OH is 1. The summed E-state index contributed by atoms with van der Waals surface area (Å²) in [6.45, 7) is 0.530. The Morgan fingerprint density at radius 2 is 1.63 bits per heavy atom. The topological polar surface area (TPSA) is 60.8 Å². The van der Waals surface area contributed by atoms with Gasteiger partial charge in [0.15, 0.2) is 6.10 Å². The van der Waals surface area contributed by atoms with Crippen LogP contribution >= 0.6 is 0 Å². The van der Waals surface area contributed by atoms with E-state index in [0.717, 1.165) is 12.8 Å². The molecule has 148 valence electrons.